The van der Waals surface area contributed by atoms with E-state index in [1.54, 1.807) is 7.11 Å². The van der Waals surface area contributed by atoms with Crippen LogP contribution in [0.2, 0.25) is 0 Å². The SMILES string of the molecule is COCCC1(NC(=O)C2CC2)CCN(C(=O)C2(c3ccccc3)CC2)CC1. The van der Waals surface area contributed by atoms with Crippen LogP contribution in [0.15, 0.2) is 30.3 Å². The number of piperidine rings is 1. The molecule has 1 N–H and O–H groups in total. The number of hydrogen-bond acceptors (Lipinski definition) is 3. The second kappa shape index (κ2) is 7.27. The largest absolute Gasteiger partial charge is 0.385 e. The molecular formula is C22H30N2O3. The summed E-state index contributed by atoms with van der Waals surface area (Å²) in [5.74, 6) is 0.660. The second-order valence-corrected chi connectivity index (χ2v) is 8.53. The summed E-state index contributed by atoms with van der Waals surface area (Å²) < 4.78 is 5.29. The zero-order valence-electron chi connectivity index (χ0n) is 16.2. The van der Waals surface area contributed by atoms with Crippen molar-refractivity contribution in [2.75, 3.05) is 26.8 Å². The van der Waals surface area contributed by atoms with Crippen LogP contribution in [0.5, 0.6) is 0 Å². The van der Waals surface area contributed by atoms with Gasteiger partial charge in [0, 0.05) is 38.3 Å². The second-order valence-electron chi connectivity index (χ2n) is 8.53. The maximum atomic E-state index is 13.3. The molecular weight excluding hydrogens is 340 g/mol. The van der Waals surface area contributed by atoms with Gasteiger partial charge < -0.3 is 15.0 Å². The standard InChI is InChI=1S/C22H30N2O3/c1-27-16-13-21(23-19(25)17-7-8-17)11-14-24(15-12-21)20(26)22(9-10-22)18-5-3-2-4-6-18/h2-6,17H,7-16H2,1H3,(H,23,25). The van der Waals surface area contributed by atoms with Gasteiger partial charge in [-0.25, -0.2) is 0 Å². The molecule has 5 heteroatoms. The normalized spacial score (nSPS) is 22.9. The zero-order valence-corrected chi connectivity index (χ0v) is 16.2. The molecule has 1 saturated heterocycles. The maximum absolute atomic E-state index is 13.3. The first-order valence-electron chi connectivity index (χ1n) is 10.2. The van der Waals surface area contributed by atoms with E-state index in [1.165, 1.54) is 0 Å². The number of methoxy groups -OCH3 is 1. The van der Waals surface area contributed by atoms with Crippen LogP contribution in [-0.2, 0) is 19.7 Å². The molecule has 0 radical (unpaired) electrons. The Morgan fingerprint density at radius 1 is 1.11 bits per heavy atom. The van der Waals surface area contributed by atoms with Crippen LogP contribution in [0.4, 0.5) is 0 Å². The summed E-state index contributed by atoms with van der Waals surface area (Å²) in [4.78, 5) is 27.7. The summed E-state index contributed by atoms with van der Waals surface area (Å²) in [5, 5.41) is 3.32. The zero-order chi connectivity index (χ0) is 18.9. The fourth-order valence-corrected chi connectivity index (χ4v) is 4.39. The van der Waals surface area contributed by atoms with E-state index >= 15 is 0 Å². The van der Waals surface area contributed by atoms with E-state index in [-0.39, 0.29) is 28.7 Å². The number of hydrogen-bond donors (Lipinski definition) is 1. The molecule has 1 heterocycles. The summed E-state index contributed by atoms with van der Waals surface area (Å²) in [6, 6.07) is 10.2. The maximum Gasteiger partial charge on any atom is 0.233 e. The number of ether oxygens (including phenoxy) is 1. The number of carbonyl (C=O) groups excluding carboxylic acids is 2. The van der Waals surface area contributed by atoms with Crippen LogP contribution in [-0.4, -0.2) is 49.1 Å². The Kier molecular flexibility index (Phi) is 4.97. The Bertz CT molecular complexity index is 687. The minimum absolute atomic E-state index is 0.189. The summed E-state index contributed by atoms with van der Waals surface area (Å²) in [6.07, 6.45) is 6.34. The molecule has 4 rings (SSSR count). The van der Waals surface area contributed by atoms with Crippen LogP contribution < -0.4 is 5.32 Å². The van der Waals surface area contributed by atoms with E-state index in [9.17, 15) is 9.59 Å². The average Bonchev–Trinajstić information content (AvgIpc) is 3.60. The first kappa shape index (κ1) is 18.5. The Balaban J connectivity index is 1.41. The quantitative estimate of drug-likeness (QED) is 0.803. The van der Waals surface area contributed by atoms with Crippen molar-refractivity contribution in [2.45, 2.75) is 55.9 Å². The molecule has 5 nitrogen and oxygen atoms in total. The highest BCUT2D eigenvalue weighted by atomic mass is 16.5. The smallest absolute Gasteiger partial charge is 0.233 e. The van der Waals surface area contributed by atoms with Gasteiger partial charge in [-0.2, -0.15) is 0 Å². The van der Waals surface area contributed by atoms with E-state index in [4.69, 9.17) is 4.74 Å². The van der Waals surface area contributed by atoms with Gasteiger partial charge >= 0.3 is 0 Å². The molecule has 2 aliphatic carbocycles. The van der Waals surface area contributed by atoms with Gasteiger partial charge in [-0.3, -0.25) is 9.59 Å². The van der Waals surface area contributed by atoms with E-state index in [1.807, 2.05) is 23.1 Å². The first-order valence-corrected chi connectivity index (χ1v) is 10.2. The topological polar surface area (TPSA) is 58.6 Å². The highest BCUT2D eigenvalue weighted by Gasteiger charge is 2.53. The van der Waals surface area contributed by atoms with Gasteiger partial charge in [0.1, 0.15) is 0 Å². The molecule has 1 aromatic carbocycles. The number of rotatable bonds is 7. The third kappa shape index (κ3) is 3.75. The number of likely N-dealkylation sites (tertiary alicyclic amines) is 1. The van der Waals surface area contributed by atoms with Crippen molar-refractivity contribution in [1.29, 1.82) is 0 Å². The molecule has 27 heavy (non-hydrogen) atoms. The van der Waals surface area contributed by atoms with Crippen LogP contribution in [0.3, 0.4) is 0 Å². The van der Waals surface area contributed by atoms with Gasteiger partial charge in [0.05, 0.1) is 5.41 Å². The van der Waals surface area contributed by atoms with Gasteiger partial charge in [-0.15, -0.1) is 0 Å². The molecule has 2 amide bonds. The van der Waals surface area contributed by atoms with Gasteiger partial charge in [0.25, 0.3) is 0 Å². The summed E-state index contributed by atoms with van der Waals surface area (Å²) in [7, 11) is 1.70. The summed E-state index contributed by atoms with van der Waals surface area (Å²) >= 11 is 0. The highest BCUT2D eigenvalue weighted by molar-refractivity contribution is 5.91. The third-order valence-electron chi connectivity index (χ3n) is 6.61. The Hall–Kier alpha value is -1.88. The molecule has 3 fully saturated rings. The van der Waals surface area contributed by atoms with Crippen molar-refractivity contribution in [3.8, 4) is 0 Å². The number of amides is 2. The van der Waals surface area contributed by atoms with Crippen LogP contribution in [0.1, 0.15) is 50.5 Å². The lowest BCUT2D eigenvalue weighted by atomic mass is 9.83. The van der Waals surface area contributed by atoms with E-state index < -0.39 is 0 Å². The lowest BCUT2D eigenvalue weighted by molar-refractivity contribution is -0.136. The van der Waals surface area contributed by atoms with Crippen molar-refractivity contribution >= 4 is 11.8 Å². The molecule has 1 aromatic rings. The van der Waals surface area contributed by atoms with Gasteiger partial charge in [-0.05, 0) is 50.5 Å². The molecule has 0 unspecified atom stereocenters. The Morgan fingerprint density at radius 3 is 2.33 bits per heavy atom. The Morgan fingerprint density at radius 2 is 1.78 bits per heavy atom. The first-order chi connectivity index (χ1) is 13.1. The molecule has 0 spiro atoms. The molecule has 2 saturated carbocycles. The van der Waals surface area contributed by atoms with Crippen molar-refractivity contribution < 1.29 is 14.3 Å². The molecule has 0 bridgehead atoms. The van der Waals surface area contributed by atoms with Gasteiger partial charge in [0.2, 0.25) is 11.8 Å². The van der Waals surface area contributed by atoms with Gasteiger partial charge in [0.15, 0.2) is 0 Å². The van der Waals surface area contributed by atoms with Crippen molar-refractivity contribution in [3.05, 3.63) is 35.9 Å². The summed E-state index contributed by atoms with van der Waals surface area (Å²) in [6.45, 7) is 2.05. The predicted octanol–water partition coefficient (Wildman–Crippen LogP) is 2.64. The molecule has 3 aliphatic rings. The number of nitrogens with zero attached hydrogens (tertiary/aromatic N) is 1. The average molecular weight is 370 g/mol. The van der Waals surface area contributed by atoms with Crippen molar-refractivity contribution in [3.63, 3.8) is 0 Å². The van der Waals surface area contributed by atoms with Crippen molar-refractivity contribution in [2.24, 2.45) is 5.92 Å². The molecule has 0 atom stereocenters. The Labute approximate surface area is 161 Å². The van der Waals surface area contributed by atoms with Gasteiger partial charge in [-0.1, -0.05) is 30.3 Å². The minimum atomic E-state index is -0.301. The fourth-order valence-electron chi connectivity index (χ4n) is 4.39. The van der Waals surface area contributed by atoms with Crippen LogP contribution in [0.25, 0.3) is 0 Å². The molecule has 0 aromatic heterocycles. The number of carbonyl (C=O) groups is 2. The monoisotopic (exact) mass is 370 g/mol. The predicted molar refractivity (Wildman–Crippen MR) is 103 cm³/mol. The van der Waals surface area contributed by atoms with E-state index in [0.29, 0.717) is 19.7 Å². The molecule has 1 aliphatic heterocycles. The van der Waals surface area contributed by atoms with Crippen LogP contribution in [0, 0.1) is 5.92 Å². The number of benzene rings is 1. The molecule has 146 valence electrons. The third-order valence-corrected chi connectivity index (χ3v) is 6.61. The van der Waals surface area contributed by atoms with E-state index in [2.05, 4.69) is 17.4 Å². The lowest BCUT2D eigenvalue weighted by Gasteiger charge is -2.43. The lowest BCUT2D eigenvalue weighted by Crippen LogP contribution is -2.58. The summed E-state index contributed by atoms with van der Waals surface area (Å²) in [5.41, 5.74) is 0.620. The highest BCUT2D eigenvalue weighted by Crippen LogP contribution is 2.50. The van der Waals surface area contributed by atoms with E-state index in [0.717, 1.165) is 50.5 Å². The number of nitrogens with one attached hydrogen (secondary N) is 1. The van der Waals surface area contributed by atoms with Crippen LogP contribution >= 0.6 is 0 Å². The fraction of sp³-hybridized carbons (Fsp3) is 0.636. The van der Waals surface area contributed by atoms with Crippen molar-refractivity contribution in [1.82, 2.24) is 10.2 Å². The minimum Gasteiger partial charge on any atom is -0.385 e.